The molecule has 18 rings (SSSR count). The standard InChI is InChI=1S/2C48H32N4/c1-5-14-35(15-6-1)44-31-41(32-45(49-44)36-16-7-2-8-17-36)34-26-24-33(25-27-34)39-28-29-42-40(30-39)22-13-23-43(42)48-51-46(37-18-9-3-10-19-37)50-47(52-48)38-20-11-4-12-21-38;1-5-14-33(15-6-1)41-31-44(35-16-7-2-8-17-35)49-45(32-41)36-26-24-34(25-27-36)39-28-29-42-40(30-39)22-13-23-43(42)48-51-46(37-18-9-3-10-19-37)50-47(52-48)38-20-11-4-12-21-38/h2*1-32H. The van der Waals surface area contributed by atoms with Crippen LogP contribution in [0.3, 0.4) is 0 Å². The number of aromatic nitrogens is 8. The van der Waals surface area contributed by atoms with Crippen LogP contribution >= 0.6 is 0 Å². The van der Waals surface area contributed by atoms with E-state index in [-0.39, 0.29) is 0 Å². The van der Waals surface area contributed by atoms with E-state index in [9.17, 15) is 0 Å². The van der Waals surface area contributed by atoms with Crippen molar-refractivity contribution in [1.29, 1.82) is 0 Å². The number of nitrogens with zero attached hydrogens (tertiary/aromatic N) is 8. The average molecular weight is 1330 g/mol. The molecule has 4 heterocycles. The molecule has 4 aromatic heterocycles. The summed E-state index contributed by atoms with van der Waals surface area (Å²) in [5.41, 5.74) is 23.1. The van der Waals surface area contributed by atoms with Gasteiger partial charge in [-0.3, -0.25) is 0 Å². The Morgan fingerprint density at radius 2 is 0.346 bits per heavy atom. The van der Waals surface area contributed by atoms with Crippen molar-refractivity contribution in [2.75, 3.05) is 0 Å². The van der Waals surface area contributed by atoms with Crippen LogP contribution in [0.1, 0.15) is 0 Å². The Morgan fingerprint density at radius 3 is 0.644 bits per heavy atom. The third-order valence-electron chi connectivity index (χ3n) is 18.7. The first-order chi connectivity index (χ1) is 51.5. The molecule has 0 saturated heterocycles. The van der Waals surface area contributed by atoms with Gasteiger partial charge in [-0.15, -0.1) is 0 Å². The van der Waals surface area contributed by atoms with Gasteiger partial charge >= 0.3 is 0 Å². The van der Waals surface area contributed by atoms with E-state index in [1.807, 2.05) is 146 Å². The molecular formula is C96H64N8. The molecule has 488 valence electrons. The van der Waals surface area contributed by atoms with Crippen molar-refractivity contribution >= 4 is 21.5 Å². The predicted molar refractivity (Wildman–Crippen MR) is 426 cm³/mol. The normalized spacial score (nSPS) is 11.1. The van der Waals surface area contributed by atoms with Crippen LogP contribution in [0.2, 0.25) is 0 Å². The third-order valence-corrected chi connectivity index (χ3v) is 18.7. The van der Waals surface area contributed by atoms with Gasteiger partial charge in [-0.1, -0.05) is 352 Å². The van der Waals surface area contributed by atoms with Crippen molar-refractivity contribution in [2.45, 2.75) is 0 Å². The predicted octanol–water partition coefficient (Wildman–Crippen LogP) is 24.2. The average Bonchev–Trinajstić information content (AvgIpc) is 0.784. The maximum atomic E-state index is 5.12. The van der Waals surface area contributed by atoms with E-state index < -0.39 is 0 Å². The Balaban J connectivity index is 0.000000154. The lowest BCUT2D eigenvalue weighted by molar-refractivity contribution is 1.08. The maximum Gasteiger partial charge on any atom is 0.164 e. The van der Waals surface area contributed by atoms with Crippen LogP contribution in [0.4, 0.5) is 0 Å². The van der Waals surface area contributed by atoms with Crippen molar-refractivity contribution < 1.29 is 0 Å². The van der Waals surface area contributed by atoms with E-state index >= 15 is 0 Å². The van der Waals surface area contributed by atoms with Gasteiger partial charge < -0.3 is 0 Å². The van der Waals surface area contributed by atoms with Gasteiger partial charge in [-0.2, -0.15) is 0 Å². The first-order valence-corrected chi connectivity index (χ1v) is 34.8. The summed E-state index contributed by atoms with van der Waals surface area (Å²) in [5.74, 6) is 3.90. The highest BCUT2D eigenvalue weighted by atomic mass is 15.0. The van der Waals surface area contributed by atoms with E-state index in [2.05, 4.69) is 243 Å². The van der Waals surface area contributed by atoms with Crippen molar-refractivity contribution in [3.8, 4) is 158 Å². The van der Waals surface area contributed by atoms with Crippen LogP contribution in [0.5, 0.6) is 0 Å². The molecule has 0 atom stereocenters. The Bertz CT molecular complexity index is 5430. The Kier molecular flexibility index (Phi) is 17.7. The molecule has 104 heavy (non-hydrogen) atoms. The molecule has 18 aromatic rings. The fourth-order valence-corrected chi connectivity index (χ4v) is 13.3. The van der Waals surface area contributed by atoms with Crippen molar-refractivity contribution in [2.24, 2.45) is 0 Å². The molecule has 8 nitrogen and oxygen atoms in total. The van der Waals surface area contributed by atoms with E-state index in [0.29, 0.717) is 34.9 Å². The zero-order valence-corrected chi connectivity index (χ0v) is 56.5. The summed E-state index contributed by atoms with van der Waals surface area (Å²) < 4.78 is 0. The van der Waals surface area contributed by atoms with Gasteiger partial charge in [-0.25, -0.2) is 39.9 Å². The number of benzene rings is 14. The smallest absolute Gasteiger partial charge is 0.164 e. The summed E-state index contributed by atoms with van der Waals surface area (Å²) >= 11 is 0. The number of hydrogen-bond donors (Lipinski definition) is 0. The van der Waals surface area contributed by atoms with Gasteiger partial charge in [0.05, 0.1) is 22.8 Å². The minimum atomic E-state index is 0.649. The van der Waals surface area contributed by atoms with Gasteiger partial charge in [0, 0.05) is 55.6 Å². The van der Waals surface area contributed by atoms with Crippen LogP contribution in [-0.4, -0.2) is 39.9 Å². The van der Waals surface area contributed by atoms with E-state index in [1.54, 1.807) is 0 Å². The summed E-state index contributed by atoms with van der Waals surface area (Å²) in [6.45, 7) is 0. The summed E-state index contributed by atoms with van der Waals surface area (Å²) in [5, 5.41) is 4.41. The Morgan fingerprint density at radius 1 is 0.125 bits per heavy atom. The molecule has 0 radical (unpaired) electrons. The van der Waals surface area contributed by atoms with Crippen molar-refractivity contribution in [3.05, 3.63) is 388 Å². The lowest BCUT2D eigenvalue weighted by atomic mass is 9.95. The third kappa shape index (κ3) is 13.7. The van der Waals surface area contributed by atoms with Gasteiger partial charge in [0.25, 0.3) is 0 Å². The maximum absolute atomic E-state index is 5.12. The molecule has 0 N–H and O–H groups in total. The molecule has 0 aliphatic carbocycles. The Hall–Kier alpha value is -14.1. The number of fused-ring (bicyclic) bond motifs is 2. The molecule has 14 aromatic carbocycles. The molecule has 0 fully saturated rings. The molecule has 0 bridgehead atoms. The lowest BCUT2D eigenvalue weighted by Crippen LogP contribution is -2.00. The molecule has 0 aliphatic rings. The molecular weight excluding hydrogens is 1270 g/mol. The number of pyridine rings is 2. The van der Waals surface area contributed by atoms with E-state index in [1.165, 1.54) is 5.56 Å². The quantitative estimate of drug-likeness (QED) is 0.106. The summed E-state index contributed by atoms with van der Waals surface area (Å²) in [4.78, 5) is 39.9. The minimum absolute atomic E-state index is 0.649. The zero-order valence-electron chi connectivity index (χ0n) is 56.5. The molecule has 0 unspecified atom stereocenters. The van der Waals surface area contributed by atoms with Crippen LogP contribution < -0.4 is 0 Å². The summed E-state index contributed by atoms with van der Waals surface area (Å²) in [7, 11) is 0. The fraction of sp³-hybridized carbons (Fsp3) is 0. The first-order valence-electron chi connectivity index (χ1n) is 34.8. The summed E-state index contributed by atoms with van der Waals surface area (Å²) in [6.07, 6.45) is 0. The second kappa shape index (κ2) is 29.0. The van der Waals surface area contributed by atoms with E-state index in [0.717, 1.165) is 139 Å². The highest BCUT2D eigenvalue weighted by Gasteiger charge is 2.19. The Labute approximate surface area is 603 Å². The van der Waals surface area contributed by atoms with Crippen LogP contribution in [0.15, 0.2) is 388 Å². The summed E-state index contributed by atoms with van der Waals surface area (Å²) in [6, 6.07) is 134. The molecule has 0 spiro atoms. The van der Waals surface area contributed by atoms with E-state index in [4.69, 9.17) is 39.9 Å². The molecule has 0 aliphatic heterocycles. The van der Waals surface area contributed by atoms with Crippen LogP contribution in [-0.2, 0) is 0 Å². The minimum Gasteiger partial charge on any atom is -0.248 e. The first kappa shape index (κ1) is 63.4. The SMILES string of the molecule is c1ccc(-c2cc(-c3ccc(-c4ccc5c(-c6nc(-c7ccccc7)nc(-c7ccccc7)n6)cccc5c4)cc3)cc(-c3ccccc3)n2)cc1.c1ccc(-c2cc(-c3ccccc3)nc(-c3ccc(-c4ccc5c(-c6nc(-c7ccccc7)nc(-c7ccccc7)n6)cccc5c4)cc3)c2)cc1. The molecule has 0 saturated carbocycles. The molecule has 8 heteroatoms. The van der Waals surface area contributed by atoms with Crippen LogP contribution in [0.25, 0.3) is 179 Å². The van der Waals surface area contributed by atoms with Crippen molar-refractivity contribution in [1.82, 2.24) is 39.9 Å². The zero-order chi connectivity index (χ0) is 69.4. The topological polar surface area (TPSA) is 103 Å². The highest BCUT2D eigenvalue weighted by molar-refractivity contribution is 5.99. The largest absolute Gasteiger partial charge is 0.248 e. The van der Waals surface area contributed by atoms with Crippen LogP contribution in [0, 0.1) is 0 Å². The van der Waals surface area contributed by atoms with Gasteiger partial charge in [0.2, 0.25) is 0 Å². The fourth-order valence-electron chi connectivity index (χ4n) is 13.3. The molecule has 0 amide bonds. The van der Waals surface area contributed by atoms with Gasteiger partial charge in [-0.05, 0) is 102 Å². The number of hydrogen-bond acceptors (Lipinski definition) is 8. The highest BCUT2D eigenvalue weighted by Crippen LogP contribution is 2.39. The number of rotatable bonds is 14. The van der Waals surface area contributed by atoms with Gasteiger partial charge in [0.1, 0.15) is 0 Å². The van der Waals surface area contributed by atoms with Gasteiger partial charge in [0.15, 0.2) is 34.9 Å². The monoisotopic (exact) mass is 1330 g/mol. The lowest BCUT2D eigenvalue weighted by Gasteiger charge is -2.12. The second-order valence-corrected chi connectivity index (χ2v) is 25.4. The van der Waals surface area contributed by atoms with Crippen molar-refractivity contribution in [3.63, 3.8) is 0 Å². The second-order valence-electron chi connectivity index (χ2n) is 25.4.